The maximum Gasteiger partial charge on any atom is 0.159 e. The van der Waals surface area contributed by atoms with Crippen molar-refractivity contribution in [1.82, 2.24) is 0 Å². The fourth-order valence-corrected chi connectivity index (χ4v) is 7.86. The largest absolute Gasteiger partial charge is 0.454 e. The van der Waals surface area contributed by atoms with Gasteiger partial charge in [-0.1, -0.05) is 170 Å². The Labute approximate surface area is 315 Å². The molecule has 0 bridgehead atoms. The summed E-state index contributed by atoms with van der Waals surface area (Å²) in [7, 11) is 0. The van der Waals surface area contributed by atoms with Crippen LogP contribution in [0.5, 0.6) is 11.5 Å². The number of hydrogen-bond acceptors (Lipinski definition) is 2. The molecule has 0 spiro atoms. The second kappa shape index (κ2) is 13.4. The summed E-state index contributed by atoms with van der Waals surface area (Å²) in [6.45, 7) is 0. The first-order chi connectivity index (χ1) is 26.8. The average Bonchev–Trinajstić information content (AvgIpc) is 3.39. The minimum Gasteiger partial charge on any atom is -0.454 e. The highest BCUT2D eigenvalue weighted by Crippen LogP contribution is 2.55. The standard InChI is InChI=1S/C52H35NO/c1-4-14-36(15-5-1)39-26-30-43(31-27-39)53(44-32-28-38-18-10-11-21-41(38)34-44)49-25-13-24-47-46-23-12-22-45(40-19-8-3-9-20-40)51(46)48-35-42(37-16-6-2-7-17-37)29-33-50(48)54-52(47)49/h1-35H. The highest BCUT2D eigenvalue weighted by atomic mass is 16.5. The Balaban J connectivity index is 1.22. The maximum atomic E-state index is 7.26. The number of hydrogen-bond donors (Lipinski definition) is 0. The molecule has 0 radical (unpaired) electrons. The molecule has 1 aliphatic rings. The van der Waals surface area contributed by atoms with Crippen LogP contribution in [0.2, 0.25) is 0 Å². The zero-order chi connectivity index (χ0) is 35.8. The normalized spacial score (nSPS) is 11.5. The number of ether oxygens (including phenoxy) is 1. The lowest BCUT2D eigenvalue weighted by molar-refractivity contribution is 0.489. The molecule has 54 heavy (non-hydrogen) atoms. The number of rotatable bonds is 6. The van der Waals surface area contributed by atoms with Crippen LogP contribution < -0.4 is 9.64 Å². The Morgan fingerprint density at radius 2 is 0.870 bits per heavy atom. The molecule has 2 nitrogen and oxygen atoms in total. The van der Waals surface area contributed by atoms with Crippen LogP contribution in [-0.2, 0) is 0 Å². The number of fused-ring (bicyclic) bond motifs is 6. The molecule has 0 aromatic heterocycles. The van der Waals surface area contributed by atoms with Gasteiger partial charge in [0.05, 0.1) is 5.69 Å². The molecule has 0 aliphatic carbocycles. The van der Waals surface area contributed by atoms with Crippen molar-refractivity contribution in [2.24, 2.45) is 0 Å². The molecule has 0 atom stereocenters. The first-order valence-electron chi connectivity index (χ1n) is 18.4. The average molecular weight is 690 g/mol. The van der Waals surface area contributed by atoms with Crippen molar-refractivity contribution < 1.29 is 4.74 Å². The van der Waals surface area contributed by atoms with Crippen molar-refractivity contribution >= 4 is 27.8 Å². The van der Waals surface area contributed by atoms with E-state index < -0.39 is 0 Å². The van der Waals surface area contributed by atoms with Gasteiger partial charge in [-0.05, 0) is 92.2 Å². The van der Waals surface area contributed by atoms with Crippen molar-refractivity contribution in [3.8, 4) is 67.1 Å². The van der Waals surface area contributed by atoms with E-state index in [-0.39, 0.29) is 0 Å². The maximum absolute atomic E-state index is 7.26. The van der Waals surface area contributed by atoms with Gasteiger partial charge in [0, 0.05) is 28.1 Å². The molecule has 0 saturated carbocycles. The van der Waals surface area contributed by atoms with Gasteiger partial charge >= 0.3 is 0 Å². The van der Waals surface area contributed by atoms with Crippen molar-refractivity contribution in [3.63, 3.8) is 0 Å². The zero-order valence-electron chi connectivity index (χ0n) is 29.6. The Bertz CT molecular complexity index is 2770. The van der Waals surface area contributed by atoms with Crippen LogP contribution in [0, 0.1) is 0 Å². The summed E-state index contributed by atoms with van der Waals surface area (Å²) in [4.78, 5) is 2.34. The van der Waals surface area contributed by atoms with Crippen LogP contribution in [0.3, 0.4) is 0 Å². The summed E-state index contributed by atoms with van der Waals surface area (Å²) < 4.78 is 7.26. The molecule has 0 unspecified atom stereocenters. The van der Waals surface area contributed by atoms with E-state index in [0.717, 1.165) is 56.4 Å². The highest BCUT2D eigenvalue weighted by molar-refractivity contribution is 6.02. The van der Waals surface area contributed by atoms with E-state index in [9.17, 15) is 0 Å². The van der Waals surface area contributed by atoms with E-state index in [0.29, 0.717) is 0 Å². The summed E-state index contributed by atoms with van der Waals surface area (Å²) in [5, 5.41) is 2.38. The van der Waals surface area contributed by atoms with Gasteiger partial charge in [0.25, 0.3) is 0 Å². The van der Waals surface area contributed by atoms with Crippen molar-refractivity contribution in [2.45, 2.75) is 0 Å². The Morgan fingerprint density at radius 1 is 0.315 bits per heavy atom. The fourth-order valence-electron chi connectivity index (χ4n) is 7.86. The van der Waals surface area contributed by atoms with Crippen LogP contribution in [0.1, 0.15) is 0 Å². The molecule has 254 valence electrons. The first-order valence-corrected chi connectivity index (χ1v) is 18.4. The molecular weight excluding hydrogens is 655 g/mol. The lowest BCUT2D eigenvalue weighted by Gasteiger charge is -2.28. The van der Waals surface area contributed by atoms with Gasteiger partial charge in [-0.2, -0.15) is 0 Å². The van der Waals surface area contributed by atoms with Crippen LogP contribution in [0.15, 0.2) is 212 Å². The fraction of sp³-hybridized carbons (Fsp3) is 0. The molecule has 9 aromatic rings. The number of anilines is 3. The number of benzene rings is 9. The zero-order valence-corrected chi connectivity index (χ0v) is 29.6. The predicted octanol–water partition coefficient (Wildman–Crippen LogP) is 14.8. The molecule has 1 aliphatic heterocycles. The van der Waals surface area contributed by atoms with Crippen LogP contribution in [-0.4, -0.2) is 0 Å². The van der Waals surface area contributed by atoms with Gasteiger partial charge in [0.15, 0.2) is 5.75 Å². The van der Waals surface area contributed by atoms with Crippen molar-refractivity contribution in [2.75, 3.05) is 4.90 Å². The number of para-hydroxylation sites is 1. The third kappa shape index (κ3) is 5.62. The summed E-state index contributed by atoms with van der Waals surface area (Å²) in [6, 6.07) is 75.7. The second-order valence-corrected chi connectivity index (χ2v) is 13.7. The van der Waals surface area contributed by atoms with E-state index in [1.165, 1.54) is 38.6 Å². The Morgan fingerprint density at radius 3 is 1.61 bits per heavy atom. The Kier molecular flexibility index (Phi) is 7.85. The number of nitrogens with zero attached hydrogens (tertiary/aromatic N) is 1. The molecule has 2 heteroatoms. The molecule has 0 saturated heterocycles. The van der Waals surface area contributed by atoms with Gasteiger partial charge in [0.1, 0.15) is 5.75 Å². The summed E-state index contributed by atoms with van der Waals surface area (Å²) in [5.74, 6) is 1.64. The minimum absolute atomic E-state index is 0.815. The molecule has 0 amide bonds. The molecular formula is C52H35NO. The van der Waals surface area contributed by atoms with E-state index in [1.54, 1.807) is 0 Å². The van der Waals surface area contributed by atoms with E-state index in [4.69, 9.17) is 4.74 Å². The quantitative estimate of drug-likeness (QED) is 0.172. The molecule has 1 heterocycles. The topological polar surface area (TPSA) is 12.5 Å². The summed E-state index contributed by atoms with van der Waals surface area (Å²) in [6.07, 6.45) is 0. The SMILES string of the molecule is c1ccc(-c2ccc(N(c3ccc4ccccc4c3)c3cccc4c3Oc3ccc(-c5ccccc5)cc3-c3c(-c5ccccc5)cccc3-4)cc2)cc1. The first kappa shape index (κ1) is 31.6. The monoisotopic (exact) mass is 689 g/mol. The van der Waals surface area contributed by atoms with E-state index >= 15 is 0 Å². The lowest BCUT2D eigenvalue weighted by atomic mass is 9.86. The van der Waals surface area contributed by atoms with Gasteiger partial charge in [-0.3, -0.25) is 0 Å². The minimum atomic E-state index is 0.815. The van der Waals surface area contributed by atoms with Crippen molar-refractivity contribution in [3.05, 3.63) is 212 Å². The Hall–Kier alpha value is -7.16. The summed E-state index contributed by atoms with van der Waals surface area (Å²) in [5.41, 5.74) is 14.5. The third-order valence-corrected chi connectivity index (χ3v) is 10.5. The third-order valence-electron chi connectivity index (χ3n) is 10.5. The van der Waals surface area contributed by atoms with Crippen LogP contribution in [0.4, 0.5) is 17.1 Å². The summed E-state index contributed by atoms with van der Waals surface area (Å²) >= 11 is 0. The predicted molar refractivity (Wildman–Crippen MR) is 226 cm³/mol. The molecule has 10 rings (SSSR count). The van der Waals surface area contributed by atoms with Crippen LogP contribution >= 0.6 is 0 Å². The molecule has 9 aromatic carbocycles. The van der Waals surface area contributed by atoms with Gasteiger partial charge in [-0.15, -0.1) is 0 Å². The van der Waals surface area contributed by atoms with E-state index in [2.05, 4.69) is 217 Å². The molecule has 0 N–H and O–H groups in total. The van der Waals surface area contributed by atoms with Gasteiger partial charge in [-0.25, -0.2) is 0 Å². The molecule has 0 fully saturated rings. The van der Waals surface area contributed by atoms with Crippen LogP contribution in [0.25, 0.3) is 66.4 Å². The van der Waals surface area contributed by atoms with Crippen molar-refractivity contribution in [1.29, 1.82) is 0 Å². The van der Waals surface area contributed by atoms with E-state index in [1.807, 2.05) is 0 Å². The highest BCUT2D eigenvalue weighted by Gasteiger charge is 2.28. The lowest BCUT2D eigenvalue weighted by Crippen LogP contribution is -2.11. The van der Waals surface area contributed by atoms with Gasteiger partial charge < -0.3 is 9.64 Å². The smallest absolute Gasteiger partial charge is 0.159 e. The van der Waals surface area contributed by atoms with Gasteiger partial charge in [0.2, 0.25) is 0 Å². The second-order valence-electron chi connectivity index (χ2n) is 13.7.